The van der Waals surface area contributed by atoms with Crippen LogP contribution in [0.1, 0.15) is 31.0 Å². The summed E-state index contributed by atoms with van der Waals surface area (Å²) in [5.41, 5.74) is 1.64. The lowest BCUT2D eigenvalue weighted by molar-refractivity contribution is 0.137. The third-order valence-corrected chi connectivity index (χ3v) is 4.56. The van der Waals surface area contributed by atoms with Gasteiger partial charge in [-0.15, -0.1) is 0 Å². The first kappa shape index (κ1) is 19.4. The van der Waals surface area contributed by atoms with E-state index in [4.69, 9.17) is 20.9 Å². The second kappa shape index (κ2) is 9.55. The van der Waals surface area contributed by atoms with Gasteiger partial charge in [-0.25, -0.2) is 4.98 Å². The van der Waals surface area contributed by atoms with Gasteiger partial charge in [0.15, 0.2) is 0 Å². The molecule has 0 unspecified atom stereocenters. The minimum absolute atomic E-state index is 0.0976. The Labute approximate surface area is 163 Å². The van der Waals surface area contributed by atoms with E-state index in [1.807, 2.05) is 24.3 Å². The highest BCUT2D eigenvalue weighted by Crippen LogP contribution is 2.25. The summed E-state index contributed by atoms with van der Waals surface area (Å²) in [7, 11) is 1.70. The zero-order chi connectivity index (χ0) is 19.1. The molecule has 3 aromatic rings. The van der Waals surface area contributed by atoms with Crippen LogP contribution in [0.5, 0.6) is 0 Å². The van der Waals surface area contributed by atoms with E-state index in [1.165, 1.54) is 0 Å². The fourth-order valence-electron chi connectivity index (χ4n) is 2.79. The van der Waals surface area contributed by atoms with Crippen LogP contribution in [0.3, 0.4) is 0 Å². The molecule has 0 aliphatic carbocycles. The summed E-state index contributed by atoms with van der Waals surface area (Å²) < 4.78 is 10.6. The normalized spacial score (nSPS) is 12.4. The second-order valence-electron chi connectivity index (χ2n) is 6.10. The van der Waals surface area contributed by atoms with E-state index in [0.29, 0.717) is 35.6 Å². The van der Waals surface area contributed by atoms with Crippen molar-refractivity contribution in [2.45, 2.75) is 25.9 Å². The molecule has 0 saturated heterocycles. The van der Waals surface area contributed by atoms with Gasteiger partial charge < -0.3 is 9.26 Å². The standard InChI is InChI=1S/C19H22ClN5O2/c1-14(16-8-3-4-9-21-16)25(11-6-12-26-2)13-17-23-19(24-27-17)15-7-5-10-22-18(15)20/h3-5,7-10,14H,6,11-13H2,1-2H3/t14-/m1/s1. The summed E-state index contributed by atoms with van der Waals surface area (Å²) >= 11 is 6.12. The van der Waals surface area contributed by atoms with Gasteiger partial charge in [0.25, 0.3) is 0 Å². The number of rotatable bonds is 9. The number of halogens is 1. The molecule has 7 nitrogen and oxygen atoms in total. The van der Waals surface area contributed by atoms with Gasteiger partial charge >= 0.3 is 0 Å². The molecular formula is C19H22ClN5O2. The van der Waals surface area contributed by atoms with E-state index >= 15 is 0 Å². The lowest BCUT2D eigenvalue weighted by atomic mass is 10.1. The molecule has 3 rings (SSSR count). The number of hydrogen-bond donors (Lipinski definition) is 0. The Morgan fingerprint density at radius 2 is 2.04 bits per heavy atom. The Balaban J connectivity index is 1.77. The maximum Gasteiger partial charge on any atom is 0.241 e. The van der Waals surface area contributed by atoms with Crippen molar-refractivity contribution in [1.29, 1.82) is 0 Å². The molecule has 0 fully saturated rings. The lowest BCUT2D eigenvalue weighted by Crippen LogP contribution is -2.29. The number of aromatic nitrogens is 4. The molecule has 3 heterocycles. The summed E-state index contributed by atoms with van der Waals surface area (Å²) in [5.74, 6) is 0.954. The number of pyridine rings is 2. The lowest BCUT2D eigenvalue weighted by Gasteiger charge is -2.27. The average Bonchev–Trinajstić information content (AvgIpc) is 3.16. The van der Waals surface area contributed by atoms with Gasteiger partial charge in [-0.3, -0.25) is 9.88 Å². The first-order valence-electron chi connectivity index (χ1n) is 8.76. The minimum atomic E-state index is 0.0976. The summed E-state index contributed by atoms with van der Waals surface area (Å²) in [6, 6.07) is 9.62. The molecule has 0 saturated carbocycles. The van der Waals surface area contributed by atoms with Gasteiger partial charge in [0, 0.05) is 38.7 Å². The van der Waals surface area contributed by atoms with Crippen molar-refractivity contribution in [3.8, 4) is 11.4 Å². The number of ether oxygens (including phenoxy) is 1. The Morgan fingerprint density at radius 1 is 1.19 bits per heavy atom. The summed E-state index contributed by atoms with van der Waals surface area (Å²) in [5, 5.41) is 4.40. The average molecular weight is 388 g/mol. The Hall–Kier alpha value is -2.35. The van der Waals surface area contributed by atoms with Crippen LogP contribution >= 0.6 is 11.6 Å². The molecule has 0 aliphatic heterocycles. The van der Waals surface area contributed by atoms with Crippen molar-refractivity contribution in [3.05, 3.63) is 59.5 Å². The first-order valence-corrected chi connectivity index (χ1v) is 9.14. The van der Waals surface area contributed by atoms with Gasteiger partial charge in [0.1, 0.15) is 5.15 Å². The van der Waals surface area contributed by atoms with Gasteiger partial charge in [0.05, 0.1) is 17.8 Å². The fourth-order valence-corrected chi connectivity index (χ4v) is 2.99. The summed E-state index contributed by atoms with van der Waals surface area (Å²) in [4.78, 5) is 15.3. The minimum Gasteiger partial charge on any atom is -0.385 e. The monoisotopic (exact) mass is 387 g/mol. The molecular weight excluding hydrogens is 366 g/mol. The van der Waals surface area contributed by atoms with Crippen molar-refractivity contribution in [2.24, 2.45) is 0 Å². The molecule has 3 aromatic heterocycles. The SMILES string of the molecule is COCCCN(Cc1nc(-c2cccnc2Cl)no1)[C@H](C)c1ccccn1. The highest BCUT2D eigenvalue weighted by Gasteiger charge is 2.20. The fraction of sp³-hybridized carbons (Fsp3) is 0.368. The Bertz CT molecular complexity index is 843. The zero-order valence-electron chi connectivity index (χ0n) is 15.4. The van der Waals surface area contributed by atoms with Crippen molar-refractivity contribution in [3.63, 3.8) is 0 Å². The van der Waals surface area contributed by atoms with Crippen LogP contribution in [0, 0.1) is 0 Å². The molecule has 142 valence electrons. The van der Waals surface area contributed by atoms with Crippen LogP contribution < -0.4 is 0 Å². The predicted molar refractivity (Wildman–Crippen MR) is 102 cm³/mol. The van der Waals surface area contributed by atoms with Crippen LogP contribution in [-0.2, 0) is 11.3 Å². The van der Waals surface area contributed by atoms with Gasteiger partial charge in [-0.1, -0.05) is 22.8 Å². The Morgan fingerprint density at radius 3 is 2.78 bits per heavy atom. The van der Waals surface area contributed by atoms with Gasteiger partial charge in [0.2, 0.25) is 11.7 Å². The Kier molecular flexibility index (Phi) is 6.86. The molecule has 0 radical (unpaired) electrons. The predicted octanol–water partition coefficient (Wildman–Crippen LogP) is 3.78. The molecule has 0 aliphatic rings. The second-order valence-corrected chi connectivity index (χ2v) is 6.46. The smallest absolute Gasteiger partial charge is 0.241 e. The molecule has 0 amide bonds. The molecule has 27 heavy (non-hydrogen) atoms. The van der Waals surface area contributed by atoms with Crippen LogP contribution in [0.25, 0.3) is 11.4 Å². The number of nitrogens with zero attached hydrogens (tertiary/aromatic N) is 5. The van der Waals surface area contributed by atoms with E-state index in [1.54, 1.807) is 25.6 Å². The zero-order valence-corrected chi connectivity index (χ0v) is 16.1. The highest BCUT2D eigenvalue weighted by atomic mass is 35.5. The number of methoxy groups -OCH3 is 1. The molecule has 0 bridgehead atoms. The van der Waals surface area contributed by atoms with Crippen LogP contribution in [0.15, 0.2) is 47.2 Å². The summed E-state index contributed by atoms with van der Waals surface area (Å²) in [6.07, 6.45) is 4.32. The van der Waals surface area contributed by atoms with E-state index in [2.05, 4.69) is 31.9 Å². The van der Waals surface area contributed by atoms with Crippen molar-refractivity contribution in [1.82, 2.24) is 25.0 Å². The van der Waals surface area contributed by atoms with Gasteiger partial charge in [-0.2, -0.15) is 4.98 Å². The van der Waals surface area contributed by atoms with Crippen LogP contribution in [0.2, 0.25) is 5.15 Å². The largest absolute Gasteiger partial charge is 0.385 e. The first-order chi connectivity index (χ1) is 13.2. The molecule has 0 aromatic carbocycles. The van der Waals surface area contributed by atoms with Gasteiger partial charge in [-0.05, 0) is 37.6 Å². The van der Waals surface area contributed by atoms with Crippen LogP contribution in [0.4, 0.5) is 0 Å². The van der Waals surface area contributed by atoms with Crippen molar-refractivity contribution >= 4 is 11.6 Å². The quantitative estimate of drug-likeness (QED) is 0.408. The molecule has 1 atom stereocenters. The maximum atomic E-state index is 6.12. The highest BCUT2D eigenvalue weighted by molar-refractivity contribution is 6.31. The van der Waals surface area contributed by atoms with E-state index in [0.717, 1.165) is 18.7 Å². The third-order valence-electron chi connectivity index (χ3n) is 4.26. The third kappa shape index (κ3) is 5.09. The van der Waals surface area contributed by atoms with Crippen LogP contribution in [-0.4, -0.2) is 45.3 Å². The number of hydrogen-bond acceptors (Lipinski definition) is 7. The van der Waals surface area contributed by atoms with E-state index in [-0.39, 0.29) is 6.04 Å². The molecule has 0 spiro atoms. The van der Waals surface area contributed by atoms with Crippen molar-refractivity contribution in [2.75, 3.05) is 20.3 Å². The maximum absolute atomic E-state index is 6.12. The molecule has 8 heteroatoms. The van der Waals surface area contributed by atoms with Crippen molar-refractivity contribution < 1.29 is 9.26 Å². The van der Waals surface area contributed by atoms with E-state index in [9.17, 15) is 0 Å². The molecule has 0 N–H and O–H groups in total. The van der Waals surface area contributed by atoms with E-state index < -0.39 is 0 Å². The topological polar surface area (TPSA) is 77.2 Å². The summed E-state index contributed by atoms with van der Waals surface area (Å²) in [6.45, 7) is 4.12.